The van der Waals surface area contributed by atoms with Gasteiger partial charge in [0.05, 0.1) is 0 Å². The highest BCUT2D eigenvalue weighted by atomic mass is 15.2. The summed E-state index contributed by atoms with van der Waals surface area (Å²) in [5, 5.41) is 3.56. The summed E-state index contributed by atoms with van der Waals surface area (Å²) in [4.78, 5) is 2.56. The first kappa shape index (κ1) is 14.4. The van der Waals surface area contributed by atoms with Gasteiger partial charge in [-0.1, -0.05) is 45.9 Å². The van der Waals surface area contributed by atoms with Crippen molar-refractivity contribution in [2.24, 2.45) is 17.8 Å². The summed E-state index contributed by atoms with van der Waals surface area (Å²) >= 11 is 0. The van der Waals surface area contributed by atoms with Gasteiger partial charge in [-0.25, -0.2) is 0 Å². The Balaban J connectivity index is 2.04. The molecule has 1 fully saturated rings. The molecule has 1 heterocycles. The summed E-state index contributed by atoms with van der Waals surface area (Å²) in [6.07, 6.45) is 0. The van der Waals surface area contributed by atoms with Crippen LogP contribution in [0.3, 0.4) is 0 Å². The second kappa shape index (κ2) is 6.42. The quantitative estimate of drug-likeness (QED) is 0.871. The van der Waals surface area contributed by atoms with Crippen molar-refractivity contribution in [2.45, 2.75) is 34.2 Å². The van der Waals surface area contributed by atoms with Crippen LogP contribution in [-0.4, -0.2) is 19.6 Å². The Kier molecular flexibility index (Phi) is 4.87. The molecular formula is C17H28N2. The number of nitrogens with one attached hydrogen (secondary N) is 1. The molecule has 106 valence electrons. The Morgan fingerprint density at radius 2 is 1.79 bits per heavy atom. The molecule has 2 atom stereocenters. The zero-order valence-electron chi connectivity index (χ0n) is 12.8. The number of rotatable bonds is 5. The first-order valence-electron chi connectivity index (χ1n) is 7.61. The SMILES string of the molecule is CC(C)CNCc1ccccc1N1CC(C)C(C)C1. The third-order valence-corrected chi connectivity index (χ3v) is 4.19. The van der Waals surface area contributed by atoms with Crippen LogP contribution < -0.4 is 10.2 Å². The van der Waals surface area contributed by atoms with Crippen LogP contribution in [-0.2, 0) is 6.54 Å². The summed E-state index contributed by atoms with van der Waals surface area (Å²) in [5.74, 6) is 2.31. The molecule has 0 saturated carbocycles. The standard InChI is InChI=1S/C17H28N2/c1-13(2)9-18-10-16-7-5-6-8-17(16)19-11-14(3)15(4)12-19/h5-8,13-15,18H,9-12H2,1-4H3. The van der Waals surface area contributed by atoms with Gasteiger partial charge in [0.1, 0.15) is 0 Å². The van der Waals surface area contributed by atoms with Gasteiger partial charge in [0, 0.05) is 25.3 Å². The summed E-state index contributed by atoms with van der Waals surface area (Å²) in [6.45, 7) is 13.7. The number of nitrogens with zero attached hydrogens (tertiary/aromatic N) is 1. The normalized spacial score (nSPS) is 23.3. The molecule has 0 amide bonds. The summed E-state index contributed by atoms with van der Waals surface area (Å²) in [7, 11) is 0. The van der Waals surface area contributed by atoms with Gasteiger partial charge in [-0.3, -0.25) is 0 Å². The maximum atomic E-state index is 3.56. The maximum Gasteiger partial charge on any atom is 0.0412 e. The molecule has 1 saturated heterocycles. The zero-order chi connectivity index (χ0) is 13.8. The van der Waals surface area contributed by atoms with Crippen molar-refractivity contribution in [2.75, 3.05) is 24.5 Å². The highest BCUT2D eigenvalue weighted by Gasteiger charge is 2.27. The monoisotopic (exact) mass is 260 g/mol. The summed E-state index contributed by atoms with van der Waals surface area (Å²) in [6, 6.07) is 8.85. The minimum absolute atomic E-state index is 0.707. The molecule has 0 aliphatic carbocycles. The van der Waals surface area contributed by atoms with Crippen molar-refractivity contribution in [1.82, 2.24) is 5.32 Å². The second-order valence-electron chi connectivity index (χ2n) is 6.51. The van der Waals surface area contributed by atoms with Gasteiger partial charge < -0.3 is 10.2 Å². The lowest BCUT2D eigenvalue weighted by Crippen LogP contribution is -2.24. The smallest absolute Gasteiger partial charge is 0.0412 e. The number of hydrogen-bond donors (Lipinski definition) is 1. The van der Waals surface area contributed by atoms with Crippen LogP contribution in [0.15, 0.2) is 24.3 Å². The number of anilines is 1. The zero-order valence-corrected chi connectivity index (χ0v) is 12.8. The molecule has 1 aromatic carbocycles. The van der Waals surface area contributed by atoms with E-state index in [1.165, 1.54) is 24.3 Å². The Morgan fingerprint density at radius 1 is 1.16 bits per heavy atom. The van der Waals surface area contributed by atoms with E-state index in [9.17, 15) is 0 Å². The predicted molar refractivity (Wildman–Crippen MR) is 83.5 cm³/mol. The van der Waals surface area contributed by atoms with Crippen molar-refractivity contribution in [1.29, 1.82) is 0 Å². The van der Waals surface area contributed by atoms with Crippen molar-refractivity contribution in [3.8, 4) is 0 Å². The van der Waals surface area contributed by atoms with E-state index in [1.54, 1.807) is 0 Å². The largest absolute Gasteiger partial charge is 0.371 e. The Hall–Kier alpha value is -1.02. The van der Waals surface area contributed by atoms with E-state index < -0.39 is 0 Å². The van der Waals surface area contributed by atoms with Crippen LogP contribution in [0.4, 0.5) is 5.69 Å². The molecular weight excluding hydrogens is 232 g/mol. The van der Waals surface area contributed by atoms with E-state index in [4.69, 9.17) is 0 Å². The molecule has 1 aromatic rings. The lowest BCUT2D eigenvalue weighted by Gasteiger charge is -2.22. The van der Waals surface area contributed by atoms with Gasteiger partial charge in [-0.05, 0) is 35.9 Å². The molecule has 19 heavy (non-hydrogen) atoms. The van der Waals surface area contributed by atoms with Crippen LogP contribution in [0.5, 0.6) is 0 Å². The minimum atomic E-state index is 0.707. The van der Waals surface area contributed by atoms with Gasteiger partial charge in [0.25, 0.3) is 0 Å². The molecule has 2 rings (SSSR count). The lowest BCUT2D eigenvalue weighted by molar-refractivity contribution is 0.494. The molecule has 0 radical (unpaired) electrons. The molecule has 0 bridgehead atoms. The van der Waals surface area contributed by atoms with Crippen LogP contribution in [0.1, 0.15) is 33.3 Å². The van der Waals surface area contributed by atoms with E-state index in [0.717, 1.165) is 24.9 Å². The van der Waals surface area contributed by atoms with E-state index in [-0.39, 0.29) is 0 Å². The Labute approximate surface area is 118 Å². The van der Waals surface area contributed by atoms with Gasteiger partial charge in [0.15, 0.2) is 0 Å². The third kappa shape index (κ3) is 3.73. The van der Waals surface area contributed by atoms with Gasteiger partial charge >= 0.3 is 0 Å². The van der Waals surface area contributed by atoms with Crippen LogP contribution in [0.25, 0.3) is 0 Å². The predicted octanol–water partition coefficient (Wildman–Crippen LogP) is 3.52. The molecule has 1 aliphatic rings. The van der Waals surface area contributed by atoms with Crippen LogP contribution >= 0.6 is 0 Å². The highest BCUT2D eigenvalue weighted by Crippen LogP contribution is 2.30. The van der Waals surface area contributed by atoms with Crippen molar-refractivity contribution < 1.29 is 0 Å². The van der Waals surface area contributed by atoms with Gasteiger partial charge in [-0.2, -0.15) is 0 Å². The molecule has 0 spiro atoms. The van der Waals surface area contributed by atoms with E-state index >= 15 is 0 Å². The fourth-order valence-corrected chi connectivity index (χ4v) is 2.79. The fourth-order valence-electron chi connectivity index (χ4n) is 2.79. The third-order valence-electron chi connectivity index (χ3n) is 4.19. The molecule has 2 unspecified atom stereocenters. The van der Waals surface area contributed by atoms with Crippen LogP contribution in [0, 0.1) is 17.8 Å². The topological polar surface area (TPSA) is 15.3 Å². The number of benzene rings is 1. The molecule has 1 aliphatic heterocycles. The Morgan fingerprint density at radius 3 is 2.42 bits per heavy atom. The number of para-hydroxylation sites is 1. The van der Waals surface area contributed by atoms with Gasteiger partial charge in [0.2, 0.25) is 0 Å². The molecule has 2 nitrogen and oxygen atoms in total. The summed E-state index contributed by atoms with van der Waals surface area (Å²) in [5.41, 5.74) is 2.86. The first-order valence-corrected chi connectivity index (χ1v) is 7.61. The van der Waals surface area contributed by atoms with Crippen molar-refractivity contribution in [3.05, 3.63) is 29.8 Å². The van der Waals surface area contributed by atoms with Crippen LogP contribution in [0.2, 0.25) is 0 Å². The average Bonchev–Trinajstić information content (AvgIpc) is 2.70. The maximum absolute atomic E-state index is 3.56. The van der Waals surface area contributed by atoms with E-state index in [2.05, 4.69) is 62.2 Å². The fraction of sp³-hybridized carbons (Fsp3) is 0.647. The lowest BCUT2D eigenvalue weighted by atomic mass is 10.0. The molecule has 1 N–H and O–H groups in total. The van der Waals surface area contributed by atoms with Gasteiger partial charge in [-0.15, -0.1) is 0 Å². The summed E-state index contributed by atoms with van der Waals surface area (Å²) < 4.78 is 0. The number of hydrogen-bond acceptors (Lipinski definition) is 2. The molecule has 0 aromatic heterocycles. The first-order chi connectivity index (χ1) is 9.08. The highest BCUT2D eigenvalue weighted by molar-refractivity contribution is 5.54. The Bertz CT molecular complexity index is 390. The van der Waals surface area contributed by atoms with E-state index in [0.29, 0.717) is 5.92 Å². The molecule has 2 heteroatoms. The average molecular weight is 260 g/mol. The van der Waals surface area contributed by atoms with Crippen molar-refractivity contribution >= 4 is 5.69 Å². The van der Waals surface area contributed by atoms with Crippen molar-refractivity contribution in [3.63, 3.8) is 0 Å². The minimum Gasteiger partial charge on any atom is -0.371 e. The second-order valence-corrected chi connectivity index (χ2v) is 6.51. The van der Waals surface area contributed by atoms with E-state index in [1.807, 2.05) is 0 Å².